The summed E-state index contributed by atoms with van der Waals surface area (Å²) >= 11 is 0. The molecule has 0 radical (unpaired) electrons. The first kappa shape index (κ1) is 28.1. The number of ketones is 1. The number of carbonyl (C=O) groups excluding carboxylic acids is 1. The Balaban J connectivity index is 1.53. The zero-order valence-corrected chi connectivity index (χ0v) is 24.5. The SMILES string of the molecule is Cc1ccc(S(=O)(=O)n2c(C(=O)/C(C#N)=C/N(C)C)cc3cc(C4CCN(C5CCCCC5)CC4)ccc32)cc1. The zero-order chi connectivity index (χ0) is 28.4. The van der Waals surface area contributed by atoms with E-state index in [1.165, 1.54) is 43.9 Å². The van der Waals surface area contributed by atoms with E-state index in [0.29, 0.717) is 16.8 Å². The first-order valence-electron chi connectivity index (χ1n) is 14.2. The minimum Gasteiger partial charge on any atom is -0.382 e. The Hall–Kier alpha value is -3.41. The predicted octanol–water partition coefficient (Wildman–Crippen LogP) is 5.85. The number of fused-ring (bicyclic) bond motifs is 1. The number of piperidine rings is 1. The van der Waals surface area contributed by atoms with E-state index in [4.69, 9.17) is 0 Å². The first-order valence-corrected chi connectivity index (χ1v) is 15.7. The van der Waals surface area contributed by atoms with Crippen molar-refractivity contribution in [1.82, 2.24) is 13.8 Å². The van der Waals surface area contributed by atoms with Gasteiger partial charge in [-0.2, -0.15) is 5.26 Å². The number of benzene rings is 2. The van der Waals surface area contributed by atoms with Crippen molar-refractivity contribution in [2.24, 2.45) is 0 Å². The number of nitriles is 1. The number of likely N-dealkylation sites (tertiary alicyclic amines) is 1. The van der Waals surface area contributed by atoms with Gasteiger partial charge < -0.3 is 9.80 Å². The van der Waals surface area contributed by atoms with Crippen LogP contribution in [0.5, 0.6) is 0 Å². The normalized spacial score (nSPS) is 18.1. The number of rotatable bonds is 7. The van der Waals surface area contributed by atoms with Crippen LogP contribution in [-0.2, 0) is 10.0 Å². The molecule has 3 aromatic rings. The average molecular weight is 559 g/mol. The first-order chi connectivity index (χ1) is 19.2. The molecule has 1 saturated carbocycles. The van der Waals surface area contributed by atoms with Gasteiger partial charge in [-0.15, -0.1) is 0 Å². The lowest BCUT2D eigenvalue weighted by Gasteiger charge is -2.39. The summed E-state index contributed by atoms with van der Waals surface area (Å²) in [5, 5.41) is 10.4. The van der Waals surface area contributed by atoms with Crippen molar-refractivity contribution in [3.8, 4) is 6.07 Å². The monoisotopic (exact) mass is 558 g/mol. The maximum atomic E-state index is 13.9. The topological polar surface area (TPSA) is 86.4 Å². The van der Waals surface area contributed by atoms with E-state index in [2.05, 4.69) is 4.90 Å². The molecule has 8 heteroatoms. The maximum absolute atomic E-state index is 13.9. The van der Waals surface area contributed by atoms with Crippen molar-refractivity contribution in [3.63, 3.8) is 0 Å². The fourth-order valence-corrected chi connectivity index (χ4v) is 7.78. The molecule has 210 valence electrons. The summed E-state index contributed by atoms with van der Waals surface area (Å²) in [6, 6.07) is 16.8. The molecule has 1 aliphatic heterocycles. The molecule has 0 N–H and O–H groups in total. The Kier molecular flexibility index (Phi) is 8.16. The fourth-order valence-electron chi connectivity index (χ4n) is 6.27. The molecule has 0 unspecified atom stereocenters. The Morgan fingerprint density at radius 3 is 2.27 bits per heavy atom. The lowest BCUT2D eigenvalue weighted by Crippen LogP contribution is -2.41. The van der Waals surface area contributed by atoms with Crippen LogP contribution in [0.25, 0.3) is 10.9 Å². The van der Waals surface area contributed by atoms with E-state index in [1.54, 1.807) is 49.3 Å². The van der Waals surface area contributed by atoms with Gasteiger partial charge in [0.1, 0.15) is 17.3 Å². The number of hydrogen-bond acceptors (Lipinski definition) is 6. The Morgan fingerprint density at radius 2 is 1.65 bits per heavy atom. The second kappa shape index (κ2) is 11.6. The minimum absolute atomic E-state index is 0.0329. The third kappa shape index (κ3) is 5.59. The predicted molar refractivity (Wildman–Crippen MR) is 158 cm³/mol. The van der Waals surface area contributed by atoms with Crippen LogP contribution in [-0.4, -0.2) is 61.2 Å². The third-order valence-corrected chi connectivity index (χ3v) is 10.2. The van der Waals surface area contributed by atoms with E-state index in [9.17, 15) is 18.5 Å². The lowest BCUT2D eigenvalue weighted by molar-refractivity contribution is 0.103. The van der Waals surface area contributed by atoms with E-state index >= 15 is 0 Å². The van der Waals surface area contributed by atoms with Crippen molar-refractivity contribution in [2.45, 2.75) is 68.7 Å². The number of allylic oxidation sites excluding steroid dienone is 1. The van der Waals surface area contributed by atoms with Gasteiger partial charge in [-0.3, -0.25) is 4.79 Å². The second-order valence-electron chi connectivity index (χ2n) is 11.5. The van der Waals surface area contributed by atoms with Crippen LogP contribution in [0.3, 0.4) is 0 Å². The number of hydrogen-bond donors (Lipinski definition) is 0. The molecule has 0 spiro atoms. The van der Waals surface area contributed by atoms with Crippen LogP contribution < -0.4 is 0 Å². The molecule has 40 heavy (non-hydrogen) atoms. The second-order valence-corrected chi connectivity index (χ2v) is 13.3. The Bertz CT molecular complexity index is 1560. The van der Waals surface area contributed by atoms with Crippen LogP contribution in [0.1, 0.15) is 72.5 Å². The summed E-state index contributed by atoms with van der Waals surface area (Å²) in [5.74, 6) is -0.228. The van der Waals surface area contributed by atoms with Crippen LogP contribution in [0.4, 0.5) is 0 Å². The van der Waals surface area contributed by atoms with Crippen molar-refractivity contribution in [2.75, 3.05) is 27.2 Å². The molecule has 2 aliphatic rings. The van der Waals surface area contributed by atoms with Crippen molar-refractivity contribution in [1.29, 1.82) is 5.26 Å². The van der Waals surface area contributed by atoms with Crippen molar-refractivity contribution < 1.29 is 13.2 Å². The Labute approximate surface area is 237 Å². The molecule has 2 heterocycles. The molecule has 5 rings (SSSR count). The quantitative estimate of drug-likeness (QED) is 0.205. The molecule has 1 saturated heterocycles. The highest BCUT2D eigenvalue weighted by Gasteiger charge is 2.30. The van der Waals surface area contributed by atoms with Gasteiger partial charge in [0.15, 0.2) is 0 Å². The van der Waals surface area contributed by atoms with Crippen LogP contribution in [0.2, 0.25) is 0 Å². The molecule has 2 aromatic carbocycles. The van der Waals surface area contributed by atoms with Gasteiger partial charge >= 0.3 is 0 Å². The highest BCUT2D eigenvalue weighted by Crippen LogP contribution is 2.35. The molecule has 1 aromatic heterocycles. The van der Waals surface area contributed by atoms with Gasteiger partial charge in [0.25, 0.3) is 10.0 Å². The van der Waals surface area contributed by atoms with Gasteiger partial charge in [-0.1, -0.05) is 43.0 Å². The average Bonchev–Trinajstić information content (AvgIpc) is 3.36. The summed E-state index contributed by atoms with van der Waals surface area (Å²) in [7, 11) is -0.669. The molecular formula is C32H38N4O3S. The molecule has 0 amide bonds. The van der Waals surface area contributed by atoms with Gasteiger partial charge in [0.05, 0.1) is 10.4 Å². The molecule has 7 nitrogen and oxygen atoms in total. The smallest absolute Gasteiger partial charge is 0.268 e. The summed E-state index contributed by atoms with van der Waals surface area (Å²) in [6.45, 7) is 4.06. The molecule has 0 bridgehead atoms. The third-order valence-electron chi connectivity index (χ3n) is 8.42. The summed E-state index contributed by atoms with van der Waals surface area (Å²) in [6.07, 6.45) is 10.2. The number of aryl methyl sites for hydroxylation is 1. The standard InChI is InChI=1S/C32H38N4O3S/c1-23-9-12-29(13-10-23)40(38,39)36-30-14-11-25(24-15-17-35(18-16-24)28-7-5-4-6-8-28)19-26(30)20-31(36)32(37)27(21-33)22-34(2)3/h9-14,19-20,22,24,28H,4-8,15-18H2,1-3H3/b27-22+. The van der Waals surface area contributed by atoms with E-state index < -0.39 is 15.8 Å². The number of aromatic nitrogens is 1. The van der Waals surface area contributed by atoms with Crippen molar-refractivity contribution in [3.05, 3.63) is 77.1 Å². The van der Waals surface area contributed by atoms with Crippen LogP contribution in [0.15, 0.2) is 65.2 Å². The van der Waals surface area contributed by atoms with Crippen molar-refractivity contribution >= 4 is 26.7 Å². The maximum Gasteiger partial charge on any atom is 0.268 e. The molecular weight excluding hydrogens is 520 g/mol. The van der Waals surface area contributed by atoms with Gasteiger partial charge in [-0.05, 0) is 87.5 Å². The van der Waals surface area contributed by atoms with Crippen LogP contribution >= 0.6 is 0 Å². The largest absolute Gasteiger partial charge is 0.382 e. The summed E-state index contributed by atoms with van der Waals surface area (Å²) in [5.41, 5.74) is 2.39. The highest BCUT2D eigenvalue weighted by molar-refractivity contribution is 7.90. The van der Waals surface area contributed by atoms with E-state index in [1.807, 2.05) is 31.2 Å². The van der Waals surface area contributed by atoms with Gasteiger partial charge in [-0.25, -0.2) is 12.4 Å². The molecule has 2 fully saturated rings. The highest BCUT2D eigenvalue weighted by atomic mass is 32.2. The summed E-state index contributed by atoms with van der Waals surface area (Å²) < 4.78 is 29.0. The number of Topliss-reactive ketones (excluding diaryl/α,β-unsaturated/α-hetero) is 1. The number of carbonyl (C=O) groups is 1. The van der Waals surface area contributed by atoms with E-state index in [0.717, 1.165) is 41.5 Å². The molecule has 0 atom stereocenters. The minimum atomic E-state index is -4.10. The molecule has 1 aliphatic carbocycles. The summed E-state index contributed by atoms with van der Waals surface area (Å²) in [4.78, 5) is 18.0. The fraction of sp³-hybridized carbons (Fsp3) is 0.438. The van der Waals surface area contributed by atoms with Gasteiger partial charge in [0, 0.05) is 31.7 Å². The Morgan fingerprint density at radius 1 is 0.975 bits per heavy atom. The zero-order valence-electron chi connectivity index (χ0n) is 23.6. The van der Waals surface area contributed by atoms with Crippen LogP contribution in [0, 0.1) is 18.3 Å². The van der Waals surface area contributed by atoms with E-state index in [-0.39, 0.29) is 16.2 Å². The number of nitrogens with zero attached hydrogens (tertiary/aromatic N) is 4. The van der Waals surface area contributed by atoms with Gasteiger partial charge in [0.2, 0.25) is 5.78 Å². The lowest BCUT2D eigenvalue weighted by atomic mass is 9.86.